The van der Waals surface area contributed by atoms with Crippen molar-refractivity contribution in [3.8, 4) is 17.6 Å². The first-order valence-electron chi connectivity index (χ1n) is 8.80. The number of rotatable bonds is 6. The third kappa shape index (κ3) is 6.33. The number of para-hydroxylation sites is 1. The first-order valence-corrected chi connectivity index (χ1v) is 8.80. The molecule has 1 aromatic heterocycles. The molecule has 3 rings (SSSR count). The average Bonchev–Trinajstić information content (AvgIpc) is 2.72. The summed E-state index contributed by atoms with van der Waals surface area (Å²) in [6.07, 6.45) is 2.76. The van der Waals surface area contributed by atoms with Crippen molar-refractivity contribution in [2.45, 2.75) is 12.8 Å². The lowest BCUT2D eigenvalue weighted by Gasteiger charge is -2.07. The van der Waals surface area contributed by atoms with Gasteiger partial charge in [0.15, 0.2) is 0 Å². The van der Waals surface area contributed by atoms with Gasteiger partial charge in [0.25, 0.3) is 0 Å². The minimum absolute atomic E-state index is 0.0403. The van der Waals surface area contributed by atoms with Gasteiger partial charge in [0.2, 0.25) is 5.91 Å². The van der Waals surface area contributed by atoms with E-state index < -0.39 is 0 Å². The second-order valence-electron chi connectivity index (χ2n) is 5.86. The summed E-state index contributed by atoms with van der Waals surface area (Å²) >= 11 is 0. The molecule has 1 N–H and O–H groups in total. The van der Waals surface area contributed by atoms with Gasteiger partial charge in [0.1, 0.15) is 11.4 Å². The number of nitrogens with zero attached hydrogens (tertiary/aromatic N) is 1. The number of pyridine rings is 1. The monoisotopic (exact) mass is 356 g/mol. The molecule has 0 radical (unpaired) electrons. The van der Waals surface area contributed by atoms with Crippen molar-refractivity contribution >= 4 is 11.6 Å². The SMILES string of the molecule is O=C(CCCOc1ccccc1)Nc1cccc(C#Cc2ccccn2)c1. The molecule has 4 nitrogen and oxygen atoms in total. The van der Waals surface area contributed by atoms with Crippen LogP contribution in [-0.4, -0.2) is 17.5 Å². The molecule has 0 spiro atoms. The number of ether oxygens (including phenoxy) is 1. The Morgan fingerprint density at radius 2 is 1.81 bits per heavy atom. The van der Waals surface area contributed by atoms with E-state index in [0.29, 0.717) is 25.1 Å². The molecule has 0 aliphatic carbocycles. The minimum Gasteiger partial charge on any atom is -0.494 e. The minimum atomic E-state index is -0.0403. The molecule has 0 atom stereocenters. The molecule has 0 aliphatic heterocycles. The van der Waals surface area contributed by atoms with E-state index in [-0.39, 0.29) is 5.91 Å². The standard InChI is InChI=1S/C23H20N2O2/c26-23(13-7-17-27-22-11-2-1-3-12-22)25-21-10-6-8-19(18-21)14-15-20-9-4-5-16-24-20/h1-6,8-12,16,18H,7,13,17H2,(H,25,26). The summed E-state index contributed by atoms with van der Waals surface area (Å²) in [5, 5.41) is 2.90. The lowest BCUT2D eigenvalue weighted by atomic mass is 10.2. The number of benzene rings is 2. The molecule has 0 saturated heterocycles. The fourth-order valence-corrected chi connectivity index (χ4v) is 2.41. The third-order valence-corrected chi connectivity index (χ3v) is 3.71. The molecule has 0 fully saturated rings. The zero-order valence-corrected chi connectivity index (χ0v) is 14.9. The van der Waals surface area contributed by atoms with Gasteiger partial charge in [-0.2, -0.15) is 0 Å². The van der Waals surface area contributed by atoms with Crippen molar-refractivity contribution in [2.24, 2.45) is 0 Å². The molecule has 4 heteroatoms. The molecule has 1 amide bonds. The highest BCUT2D eigenvalue weighted by Gasteiger charge is 2.03. The molecule has 0 saturated carbocycles. The first kappa shape index (κ1) is 18.2. The predicted molar refractivity (Wildman–Crippen MR) is 106 cm³/mol. The van der Waals surface area contributed by atoms with Crippen LogP contribution in [0.3, 0.4) is 0 Å². The summed E-state index contributed by atoms with van der Waals surface area (Å²) in [5.74, 6) is 6.85. The average molecular weight is 356 g/mol. The highest BCUT2D eigenvalue weighted by Crippen LogP contribution is 2.12. The number of nitrogens with one attached hydrogen (secondary N) is 1. The summed E-state index contributed by atoms with van der Waals surface area (Å²) in [4.78, 5) is 16.3. The summed E-state index contributed by atoms with van der Waals surface area (Å²) < 4.78 is 5.60. The molecular formula is C23H20N2O2. The molecule has 27 heavy (non-hydrogen) atoms. The maximum absolute atomic E-state index is 12.1. The fraction of sp³-hybridized carbons (Fsp3) is 0.130. The molecule has 0 aliphatic rings. The van der Waals surface area contributed by atoms with Gasteiger partial charge in [-0.05, 0) is 54.8 Å². The molecule has 0 unspecified atom stereocenters. The van der Waals surface area contributed by atoms with E-state index in [1.54, 1.807) is 6.20 Å². The van der Waals surface area contributed by atoms with Crippen LogP contribution in [0.25, 0.3) is 0 Å². The van der Waals surface area contributed by atoms with Crippen molar-refractivity contribution in [3.63, 3.8) is 0 Å². The van der Waals surface area contributed by atoms with E-state index in [9.17, 15) is 4.79 Å². The molecule has 134 valence electrons. The molecule has 2 aromatic carbocycles. The van der Waals surface area contributed by atoms with E-state index in [0.717, 1.165) is 17.0 Å². The number of carbonyl (C=O) groups is 1. The van der Waals surface area contributed by atoms with Crippen LogP contribution in [0.5, 0.6) is 5.75 Å². The summed E-state index contributed by atoms with van der Waals surface area (Å²) in [6, 6.07) is 22.7. The highest BCUT2D eigenvalue weighted by molar-refractivity contribution is 5.90. The zero-order chi connectivity index (χ0) is 18.7. The Kier molecular flexibility index (Phi) is 6.60. The largest absolute Gasteiger partial charge is 0.494 e. The molecular weight excluding hydrogens is 336 g/mol. The predicted octanol–water partition coefficient (Wildman–Crippen LogP) is 4.28. The Balaban J connectivity index is 1.47. The second-order valence-corrected chi connectivity index (χ2v) is 5.86. The topological polar surface area (TPSA) is 51.2 Å². The molecule has 3 aromatic rings. The number of anilines is 1. The second kappa shape index (κ2) is 9.79. The van der Waals surface area contributed by atoms with Crippen LogP contribution in [0.2, 0.25) is 0 Å². The number of hydrogen-bond acceptors (Lipinski definition) is 3. The Morgan fingerprint density at radius 3 is 2.63 bits per heavy atom. The van der Waals surface area contributed by atoms with Crippen LogP contribution in [0, 0.1) is 11.8 Å². The van der Waals surface area contributed by atoms with Crippen molar-refractivity contribution in [1.82, 2.24) is 4.98 Å². The van der Waals surface area contributed by atoms with Crippen molar-refractivity contribution in [1.29, 1.82) is 0 Å². The van der Waals surface area contributed by atoms with Crippen molar-refractivity contribution in [3.05, 3.63) is 90.3 Å². The Hall–Kier alpha value is -3.58. The normalized spacial score (nSPS) is 9.78. The van der Waals surface area contributed by atoms with Gasteiger partial charge in [-0.15, -0.1) is 0 Å². The lowest BCUT2D eigenvalue weighted by molar-refractivity contribution is -0.116. The van der Waals surface area contributed by atoms with Crippen molar-refractivity contribution < 1.29 is 9.53 Å². The van der Waals surface area contributed by atoms with E-state index in [1.165, 1.54) is 0 Å². The Bertz CT molecular complexity index is 929. The van der Waals surface area contributed by atoms with Crippen LogP contribution < -0.4 is 10.1 Å². The smallest absolute Gasteiger partial charge is 0.224 e. The van der Waals surface area contributed by atoms with Gasteiger partial charge in [0, 0.05) is 23.9 Å². The van der Waals surface area contributed by atoms with E-state index in [4.69, 9.17) is 4.74 Å². The number of carbonyl (C=O) groups excluding carboxylic acids is 1. The Morgan fingerprint density at radius 1 is 0.963 bits per heavy atom. The van der Waals surface area contributed by atoms with Gasteiger partial charge < -0.3 is 10.1 Å². The van der Waals surface area contributed by atoms with Crippen molar-refractivity contribution in [2.75, 3.05) is 11.9 Å². The maximum Gasteiger partial charge on any atom is 0.224 e. The van der Waals surface area contributed by atoms with Crippen LogP contribution >= 0.6 is 0 Å². The molecule has 0 bridgehead atoms. The molecule has 1 heterocycles. The zero-order valence-electron chi connectivity index (χ0n) is 14.9. The maximum atomic E-state index is 12.1. The summed E-state index contributed by atoms with van der Waals surface area (Å²) in [7, 11) is 0. The number of amides is 1. The van der Waals surface area contributed by atoms with Gasteiger partial charge in [-0.25, -0.2) is 4.98 Å². The van der Waals surface area contributed by atoms with Gasteiger partial charge in [-0.1, -0.05) is 36.3 Å². The quantitative estimate of drug-likeness (QED) is 0.530. The fourth-order valence-electron chi connectivity index (χ4n) is 2.41. The van der Waals surface area contributed by atoms with Crippen LogP contribution in [0.15, 0.2) is 79.0 Å². The number of aromatic nitrogens is 1. The van der Waals surface area contributed by atoms with Gasteiger partial charge in [-0.3, -0.25) is 4.79 Å². The first-order chi connectivity index (χ1) is 13.3. The highest BCUT2D eigenvalue weighted by atomic mass is 16.5. The van der Waals surface area contributed by atoms with E-state index in [1.807, 2.05) is 72.8 Å². The lowest BCUT2D eigenvalue weighted by Crippen LogP contribution is -2.12. The van der Waals surface area contributed by atoms with E-state index >= 15 is 0 Å². The number of hydrogen-bond donors (Lipinski definition) is 1. The van der Waals surface area contributed by atoms with Crippen LogP contribution in [0.1, 0.15) is 24.1 Å². The van der Waals surface area contributed by atoms with E-state index in [2.05, 4.69) is 22.1 Å². The summed E-state index contributed by atoms with van der Waals surface area (Å²) in [6.45, 7) is 0.507. The van der Waals surface area contributed by atoms with Gasteiger partial charge in [0.05, 0.1) is 6.61 Å². The summed E-state index contributed by atoms with van der Waals surface area (Å²) in [5.41, 5.74) is 2.27. The van der Waals surface area contributed by atoms with Crippen LogP contribution in [-0.2, 0) is 4.79 Å². The van der Waals surface area contributed by atoms with Crippen LogP contribution in [0.4, 0.5) is 5.69 Å². The Labute approximate surface area is 159 Å². The van der Waals surface area contributed by atoms with Gasteiger partial charge >= 0.3 is 0 Å². The third-order valence-electron chi connectivity index (χ3n) is 3.71.